The number of amides is 1. The van der Waals surface area contributed by atoms with E-state index in [9.17, 15) is 4.79 Å². The molecule has 0 aliphatic heterocycles. The molecule has 1 fully saturated rings. The van der Waals surface area contributed by atoms with Crippen molar-refractivity contribution in [2.45, 2.75) is 52.0 Å². The summed E-state index contributed by atoms with van der Waals surface area (Å²) in [5, 5.41) is 14.8. The van der Waals surface area contributed by atoms with Gasteiger partial charge in [-0.1, -0.05) is 12.1 Å². The predicted octanol–water partition coefficient (Wildman–Crippen LogP) is 2.07. The minimum atomic E-state index is -0.164. The highest BCUT2D eigenvalue weighted by molar-refractivity contribution is 5.93. The van der Waals surface area contributed by atoms with Gasteiger partial charge in [0.2, 0.25) is 11.8 Å². The zero-order valence-electron chi connectivity index (χ0n) is 12.8. The molecule has 0 spiro atoms. The molecule has 2 aromatic heterocycles. The number of nitrogens with zero attached hydrogens (tertiary/aromatic N) is 3. The van der Waals surface area contributed by atoms with E-state index in [4.69, 9.17) is 8.94 Å². The SMILES string of the molecule is CCc1nnc(C[C@@H]2CC[C@H](NC(=O)c3nocc3C)C2)o1. The first-order valence-electron chi connectivity index (χ1n) is 7.68. The van der Waals surface area contributed by atoms with Gasteiger partial charge in [0, 0.05) is 24.4 Å². The van der Waals surface area contributed by atoms with Gasteiger partial charge < -0.3 is 14.3 Å². The summed E-state index contributed by atoms with van der Waals surface area (Å²) < 4.78 is 10.4. The van der Waals surface area contributed by atoms with Crippen molar-refractivity contribution in [1.82, 2.24) is 20.7 Å². The van der Waals surface area contributed by atoms with Crippen LogP contribution in [0.3, 0.4) is 0 Å². The fourth-order valence-corrected chi connectivity index (χ4v) is 2.91. The van der Waals surface area contributed by atoms with Crippen molar-refractivity contribution in [3.8, 4) is 0 Å². The van der Waals surface area contributed by atoms with Crippen molar-refractivity contribution in [1.29, 1.82) is 0 Å². The van der Waals surface area contributed by atoms with E-state index in [1.165, 1.54) is 6.26 Å². The number of hydrogen-bond donors (Lipinski definition) is 1. The Morgan fingerprint density at radius 2 is 2.18 bits per heavy atom. The molecule has 7 nitrogen and oxygen atoms in total. The summed E-state index contributed by atoms with van der Waals surface area (Å²) in [7, 11) is 0. The quantitative estimate of drug-likeness (QED) is 0.908. The lowest BCUT2D eigenvalue weighted by atomic mass is 10.0. The third kappa shape index (κ3) is 3.18. The molecule has 0 aromatic carbocycles. The van der Waals surface area contributed by atoms with Crippen LogP contribution in [0.1, 0.15) is 54.0 Å². The molecule has 1 aliphatic rings. The summed E-state index contributed by atoms with van der Waals surface area (Å²) in [6.07, 6.45) is 5.95. The van der Waals surface area contributed by atoms with E-state index in [-0.39, 0.29) is 11.9 Å². The van der Waals surface area contributed by atoms with Gasteiger partial charge in [0.25, 0.3) is 5.91 Å². The van der Waals surface area contributed by atoms with Crippen molar-refractivity contribution in [2.75, 3.05) is 0 Å². The number of nitrogens with one attached hydrogen (secondary N) is 1. The van der Waals surface area contributed by atoms with Crippen LogP contribution in [0.5, 0.6) is 0 Å². The van der Waals surface area contributed by atoms with Gasteiger partial charge in [-0.25, -0.2) is 0 Å². The lowest BCUT2D eigenvalue weighted by Gasteiger charge is -2.11. The molecule has 1 aliphatic carbocycles. The summed E-state index contributed by atoms with van der Waals surface area (Å²) in [6, 6.07) is 0.169. The largest absolute Gasteiger partial charge is 0.425 e. The second-order valence-electron chi connectivity index (χ2n) is 5.84. The first-order chi connectivity index (χ1) is 10.7. The van der Waals surface area contributed by atoms with Crippen LogP contribution in [0.15, 0.2) is 15.2 Å². The molecule has 1 N–H and O–H groups in total. The average molecular weight is 304 g/mol. The maximum atomic E-state index is 12.1. The highest BCUT2D eigenvalue weighted by Gasteiger charge is 2.28. The molecule has 2 heterocycles. The lowest BCUT2D eigenvalue weighted by molar-refractivity contribution is 0.0927. The van der Waals surface area contributed by atoms with Crippen LogP contribution in [-0.4, -0.2) is 27.3 Å². The molecule has 1 amide bonds. The first-order valence-corrected chi connectivity index (χ1v) is 7.68. The van der Waals surface area contributed by atoms with Crippen LogP contribution in [0.4, 0.5) is 0 Å². The Morgan fingerprint density at radius 3 is 2.86 bits per heavy atom. The predicted molar refractivity (Wildman–Crippen MR) is 77.2 cm³/mol. The van der Waals surface area contributed by atoms with Crippen LogP contribution in [0.2, 0.25) is 0 Å². The Labute approximate surface area is 128 Å². The van der Waals surface area contributed by atoms with E-state index in [2.05, 4.69) is 20.7 Å². The summed E-state index contributed by atoms with van der Waals surface area (Å²) in [5.74, 6) is 1.68. The van der Waals surface area contributed by atoms with Crippen molar-refractivity contribution in [3.63, 3.8) is 0 Å². The van der Waals surface area contributed by atoms with Gasteiger partial charge in [0.15, 0.2) is 5.69 Å². The van der Waals surface area contributed by atoms with Crippen LogP contribution in [0.25, 0.3) is 0 Å². The molecular weight excluding hydrogens is 284 g/mol. The number of aromatic nitrogens is 3. The van der Waals surface area contributed by atoms with Crippen molar-refractivity contribution < 1.29 is 13.7 Å². The molecular formula is C15H20N4O3. The molecule has 1 saturated carbocycles. The third-order valence-corrected chi connectivity index (χ3v) is 4.11. The van der Waals surface area contributed by atoms with Crippen molar-refractivity contribution in [2.24, 2.45) is 5.92 Å². The Hall–Kier alpha value is -2.18. The smallest absolute Gasteiger partial charge is 0.273 e. The standard InChI is InChI=1S/C15H20N4O3/c1-3-12-17-18-13(22-12)7-10-4-5-11(6-10)16-15(20)14-9(2)8-21-19-14/h8,10-11H,3-7H2,1-2H3,(H,16,20)/t10-,11+/m1/s1. The fraction of sp³-hybridized carbons (Fsp3) is 0.600. The maximum Gasteiger partial charge on any atom is 0.273 e. The molecule has 3 rings (SSSR count). The Morgan fingerprint density at radius 1 is 1.36 bits per heavy atom. The van der Waals surface area contributed by atoms with Crippen molar-refractivity contribution >= 4 is 5.91 Å². The van der Waals surface area contributed by atoms with E-state index in [1.54, 1.807) is 0 Å². The highest BCUT2D eigenvalue weighted by atomic mass is 16.5. The molecule has 0 saturated heterocycles. The lowest BCUT2D eigenvalue weighted by Crippen LogP contribution is -2.33. The number of carbonyl (C=O) groups excluding carboxylic acids is 1. The number of aryl methyl sites for hydroxylation is 2. The van der Waals surface area contributed by atoms with Crippen molar-refractivity contribution in [3.05, 3.63) is 29.3 Å². The molecule has 0 unspecified atom stereocenters. The Bertz CT molecular complexity index is 649. The van der Waals surface area contributed by atoms with Gasteiger partial charge in [-0.2, -0.15) is 0 Å². The minimum Gasteiger partial charge on any atom is -0.425 e. The fourth-order valence-electron chi connectivity index (χ4n) is 2.91. The molecule has 0 radical (unpaired) electrons. The highest BCUT2D eigenvalue weighted by Crippen LogP contribution is 2.28. The maximum absolute atomic E-state index is 12.1. The van der Waals surface area contributed by atoms with Gasteiger partial charge in [-0.05, 0) is 32.1 Å². The zero-order chi connectivity index (χ0) is 15.5. The normalized spacial score (nSPS) is 21.2. The van der Waals surface area contributed by atoms with Crippen LogP contribution >= 0.6 is 0 Å². The van der Waals surface area contributed by atoms with Crippen LogP contribution < -0.4 is 5.32 Å². The molecule has 118 valence electrons. The number of carbonyl (C=O) groups is 1. The third-order valence-electron chi connectivity index (χ3n) is 4.11. The zero-order valence-corrected chi connectivity index (χ0v) is 12.8. The van der Waals surface area contributed by atoms with E-state index in [0.29, 0.717) is 23.4 Å². The van der Waals surface area contributed by atoms with E-state index in [0.717, 1.165) is 37.7 Å². The second-order valence-corrected chi connectivity index (χ2v) is 5.84. The molecule has 22 heavy (non-hydrogen) atoms. The van der Waals surface area contributed by atoms with Gasteiger partial charge in [0.05, 0.1) is 0 Å². The molecule has 0 bridgehead atoms. The van der Waals surface area contributed by atoms with E-state index < -0.39 is 0 Å². The van der Waals surface area contributed by atoms with Gasteiger partial charge in [-0.3, -0.25) is 4.79 Å². The van der Waals surface area contributed by atoms with Crippen LogP contribution in [0, 0.1) is 12.8 Å². The first kappa shape index (κ1) is 14.7. The average Bonchev–Trinajstić information content (AvgIpc) is 3.21. The number of hydrogen-bond acceptors (Lipinski definition) is 6. The Balaban J connectivity index is 1.52. The monoisotopic (exact) mass is 304 g/mol. The van der Waals surface area contributed by atoms with Gasteiger partial charge in [0.1, 0.15) is 6.26 Å². The molecule has 2 atom stereocenters. The van der Waals surface area contributed by atoms with E-state index >= 15 is 0 Å². The second kappa shape index (κ2) is 6.29. The molecule has 2 aromatic rings. The summed E-state index contributed by atoms with van der Waals surface area (Å²) in [5.41, 5.74) is 1.12. The van der Waals surface area contributed by atoms with Gasteiger partial charge >= 0.3 is 0 Å². The summed E-state index contributed by atoms with van der Waals surface area (Å²) >= 11 is 0. The topological polar surface area (TPSA) is 94.1 Å². The summed E-state index contributed by atoms with van der Waals surface area (Å²) in [6.45, 7) is 3.80. The minimum absolute atomic E-state index is 0.164. The van der Waals surface area contributed by atoms with Crippen LogP contribution in [-0.2, 0) is 12.8 Å². The number of rotatable bonds is 5. The van der Waals surface area contributed by atoms with Gasteiger partial charge in [-0.15, -0.1) is 10.2 Å². The Kier molecular flexibility index (Phi) is 4.22. The summed E-state index contributed by atoms with van der Waals surface area (Å²) in [4.78, 5) is 12.1. The molecule has 7 heteroatoms. The van der Waals surface area contributed by atoms with E-state index in [1.807, 2.05) is 13.8 Å².